The summed E-state index contributed by atoms with van der Waals surface area (Å²) in [5, 5.41) is 3.04. The molecule has 0 unspecified atom stereocenters. The summed E-state index contributed by atoms with van der Waals surface area (Å²) < 4.78 is 5.16. The molecule has 0 radical (unpaired) electrons. The van der Waals surface area contributed by atoms with E-state index in [-0.39, 0.29) is 11.4 Å². The van der Waals surface area contributed by atoms with Gasteiger partial charge in [0.05, 0.1) is 18.4 Å². The van der Waals surface area contributed by atoms with Gasteiger partial charge in [0.25, 0.3) is 5.91 Å². The number of likely N-dealkylation sites (N-methyl/N-ethyl adjacent to an activating group) is 1. The monoisotopic (exact) mass is 291 g/mol. The molecule has 2 rings (SSSR count). The van der Waals surface area contributed by atoms with Crippen molar-refractivity contribution in [2.24, 2.45) is 0 Å². The smallest absolute Gasteiger partial charge is 0.253 e. The number of rotatable bonds is 5. The highest BCUT2D eigenvalue weighted by Crippen LogP contribution is 2.33. The summed E-state index contributed by atoms with van der Waals surface area (Å²) in [5.74, 6) is 0.394. The van der Waals surface area contributed by atoms with Crippen LogP contribution in [0, 0.1) is 0 Å². The lowest BCUT2D eigenvalue weighted by Gasteiger charge is -2.36. The van der Waals surface area contributed by atoms with Crippen LogP contribution in [-0.4, -0.2) is 44.1 Å². The Morgan fingerprint density at radius 2 is 2.05 bits per heavy atom. The van der Waals surface area contributed by atoms with Gasteiger partial charge in [-0.2, -0.15) is 0 Å². The first-order valence-corrected chi connectivity index (χ1v) is 7.38. The summed E-state index contributed by atoms with van der Waals surface area (Å²) in [7, 11) is 5.71. The quantitative estimate of drug-likeness (QED) is 0.813. The molecule has 1 aliphatic rings. The van der Waals surface area contributed by atoms with Crippen LogP contribution in [0.25, 0.3) is 0 Å². The first kappa shape index (κ1) is 15.6. The van der Waals surface area contributed by atoms with Gasteiger partial charge in [-0.25, -0.2) is 0 Å². The minimum atomic E-state index is -0.139. The van der Waals surface area contributed by atoms with Gasteiger partial charge in [-0.3, -0.25) is 4.79 Å². The number of nitrogen functional groups attached to an aromatic ring is 1. The van der Waals surface area contributed by atoms with Crippen LogP contribution in [0.4, 0.5) is 5.69 Å². The average Bonchev–Trinajstić information content (AvgIpc) is 2.95. The number of methoxy groups -OCH3 is 1. The fourth-order valence-electron chi connectivity index (χ4n) is 3.08. The Morgan fingerprint density at radius 1 is 1.38 bits per heavy atom. The lowest BCUT2D eigenvalue weighted by molar-refractivity contribution is 0.0900. The van der Waals surface area contributed by atoms with Crippen LogP contribution in [-0.2, 0) is 0 Å². The van der Waals surface area contributed by atoms with Crippen LogP contribution in [0.15, 0.2) is 18.2 Å². The Hall–Kier alpha value is -1.75. The van der Waals surface area contributed by atoms with Crippen LogP contribution in [0.3, 0.4) is 0 Å². The molecule has 1 aromatic rings. The Bertz CT molecular complexity index is 508. The van der Waals surface area contributed by atoms with Crippen molar-refractivity contribution >= 4 is 11.6 Å². The highest BCUT2D eigenvalue weighted by atomic mass is 16.5. The molecule has 0 atom stereocenters. The van der Waals surface area contributed by atoms with Crippen molar-refractivity contribution in [1.29, 1.82) is 0 Å². The fraction of sp³-hybridized carbons (Fsp3) is 0.562. The van der Waals surface area contributed by atoms with E-state index in [0.717, 1.165) is 12.8 Å². The molecule has 0 heterocycles. The Labute approximate surface area is 126 Å². The van der Waals surface area contributed by atoms with Crippen LogP contribution in [0.2, 0.25) is 0 Å². The first-order chi connectivity index (χ1) is 10.00. The number of nitrogens with two attached hydrogens (primary N) is 1. The van der Waals surface area contributed by atoms with E-state index in [0.29, 0.717) is 23.5 Å². The number of nitrogens with one attached hydrogen (secondary N) is 1. The normalized spacial score (nSPS) is 17.0. The molecule has 3 N–H and O–H groups in total. The van der Waals surface area contributed by atoms with Crippen molar-refractivity contribution in [2.75, 3.05) is 33.5 Å². The molecule has 0 aromatic heterocycles. The topological polar surface area (TPSA) is 67.6 Å². The summed E-state index contributed by atoms with van der Waals surface area (Å²) in [6.45, 7) is 0.648. The zero-order chi connectivity index (χ0) is 15.5. The summed E-state index contributed by atoms with van der Waals surface area (Å²) in [4.78, 5) is 14.6. The molecule has 1 amide bonds. The molecule has 0 spiro atoms. The van der Waals surface area contributed by atoms with Gasteiger partial charge < -0.3 is 20.7 Å². The van der Waals surface area contributed by atoms with Crippen molar-refractivity contribution in [3.63, 3.8) is 0 Å². The molecule has 0 bridgehead atoms. The zero-order valence-corrected chi connectivity index (χ0v) is 13.1. The van der Waals surface area contributed by atoms with Crippen LogP contribution in [0.5, 0.6) is 5.75 Å². The predicted molar refractivity (Wildman–Crippen MR) is 84.6 cm³/mol. The summed E-state index contributed by atoms with van der Waals surface area (Å²) in [5.41, 5.74) is 6.91. The van der Waals surface area contributed by atoms with Crippen molar-refractivity contribution in [3.05, 3.63) is 23.8 Å². The number of hydrogen-bond donors (Lipinski definition) is 2. The van der Waals surface area contributed by atoms with E-state index in [2.05, 4.69) is 24.3 Å². The lowest BCUT2D eigenvalue weighted by Crippen LogP contribution is -2.50. The van der Waals surface area contributed by atoms with Gasteiger partial charge >= 0.3 is 0 Å². The molecule has 1 fully saturated rings. The van der Waals surface area contributed by atoms with E-state index in [1.54, 1.807) is 25.3 Å². The molecule has 0 saturated heterocycles. The molecule has 5 nitrogen and oxygen atoms in total. The van der Waals surface area contributed by atoms with Gasteiger partial charge in [0.2, 0.25) is 0 Å². The fourth-order valence-corrected chi connectivity index (χ4v) is 3.08. The van der Waals surface area contributed by atoms with Crippen molar-refractivity contribution in [1.82, 2.24) is 10.2 Å². The molecule has 1 aromatic carbocycles. The molecular formula is C16H25N3O2. The summed E-state index contributed by atoms with van der Waals surface area (Å²) >= 11 is 0. The van der Waals surface area contributed by atoms with E-state index in [9.17, 15) is 4.79 Å². The Kier molecular flexibility index (Phi) is 4.73. The summed E-state index contributed by atoms with van der Waals surface area (Å²) in [6, 6.07) is 5.26. The standard InChI is InChI=1S/C16H25N3O2/c1-19(2)16(9-4-5-10-16)11-18-15(20)12-7-6-8-13(21-3)14(12)17/h6-8H,4-5,9-11,17H2,1-3H3,(H,18,20). The molecular weight excluding hydrogens is 266 g/mol. The number of para-hydroxylation sites is 1. The average molecular weight is 291 g/mol. The maximum absolute atomic E-state index is 12.4. The largest absolute Gasteiger partial charge is 0.495 e. The van der Waals surface area contributed by atoms with Crippen molar-refractivity contribution in [3.8, 4) is 5.75 Å². The summed E-state index contributed by atoms with van der Waals surface area (Å²) in [6.07, 6.45) is 4.67. The third-order valence-electron chi connectivity index (χ3n) is 4.59. The highest BCUT2D eigenvalue weighted by Gasteiger charge is 2.36. The molecule has 0 aliphatic heterocycles. The van der Waals surface area contributed by atoms with Gasteiger partial charge in [0, 0.05) is 12.1 Å². The molecule has 5 heteroatoms. The number of hydrogen-bond acceptors (Lipinski definition) is 4. The van der Waals surface area contributed by atoms with Gasteiger partial charge in [0.1, 0.15) is 5.75 Å². The van der Waals surface area contributed by atoms with E-state index >= 15 is 0 Å². The predicted octanol–water partition coefficient (Wildman–Crippen LogP) is 1.88. The molecule has 1 aliphatic carbocycles. The second-order valence-electron chi connectivity index (χ2n) is 5.93. The zero-order valence-electron chi connectivity index (χ0n) is 13.1. The molecule has 1 saturated carbocycles. The van der Waals surface area contributed by atoms with E-state index in [1.165, 1.54) is 12.8 Å². The highest BCUT2D eigenvalue weighted by molar-refractivity contribution is 6.00. The minimum Gasteiger partial charge on any atom is -0.495 e. The van der Waals surface area contributed by atoms with Crippen molar-refractivity contribution < 1.29 is 9.53 Å². The van der Waals surface area contributed by atoms with Gasteiger partial charge in [-0.05, 0) is 39.1 Å². The van der Waals surface area contributed by atoms with E-state index < -0.39 is 0 Å². The van der Waals surface area contributed by atoms with Crippen LogP contribution >= 0.6 is 0 Å². The number of anilines is 1. The lowest BCUT2D eigenvalue weighted by atomic mass is 9.96. The van der Waals surface area contributed by atoms with Crippen LogP contribution in [0.1, 0.15) is 36.0 Å². The first-order valence-electron chi connectivity index (χ1n) is 7.38. The van der Waals surface area contributed by atoms with E-state index in [1.807, 2.05) is 0 Å². The Balaban J connectivity index is 2.08. The second kappa shape index (κ2) is 6.35. The number of ether oxygens (including phenoxy) is 1. The van der Waals surface area contributed by atoms with Gasteiger partial charge in [-0.15, -0.1) is 0 Å². The number of amides is 1. The van der Waals surface area contributed by atoms with Gasteiger partial charge in [0.15, 0.2) is 0 Å². The molecule has 21 heavy (non-hydrogen) atoms. The number of carbonyl (C=O) groups excluding carboxylic acids is 1. The SMILES string of the molecule is COc1cccc(C(=O)NCC2(N(C)C)CCCC2)c1N. The maximum atomic E-state index is 12.4. The minimum absolute atomic E-state index is 0.0727. The van der Waals surface area contributed by atoms with E-state index in [4.69, 9.17) is 10.5 Å². The third kappa shape index (κ3) is 3.13. The van der Waals surface area contributed by atoms with Crippen LogP contribution < -0.4 is 15.8 Å². The number of nitrogens with zero attached hydrogens (tertiary/aromatic N) is 1. The molecule has 116 valence electrons. The Morgan fingerprint density at radius 3 is 2.62 bits per heavy atom. The van der Waals surface area contributed by atoms with Crippen molar-refractivity contribution in [2.45, 2.75) is 31.2 Å². The van der Waals surface area contributed by atoms with Gasteiger partial charge in [-0.1, -0.05) is 18.9 Å². The number of carbonyl (C=O) groups is 1. The number of benzene rings is 1. The second-order valence-corrected chi connectivity index (χ2v) is 5.93. The maximum Gasteiger partial charge on any atom is 0.253 e. The third-order valence-corrected chi connectivity index (χ3v) is 4.59.